The molecule has 0 spiro atoms. The van der Waals surface area contributed by atoms with E-state index in [2.05, 4.69) is 5.32 Å². The maximum atomic E-state index is 13.7. The van der Waals surface area contributed by atoms with Crippen molar-refractivity contribution in [3.63, 3.8) is 0 Å². The summed E-state index contributed by atoms with van der Waals surface area (Å²) in [5.74, 6) is -2.09. The number of rotatable bonds is 2. The number of hydrogen-bond acceptors (Lipinski definition) is 2. The molecular weight excluding hydrogens is 238 g/mol. The minimum absolute atomic E-state index is 0.276. The van der Waals surface area contributed by atoms with E-state index in [0.29, 0.717) is 12.8 Å². The fourth-order valence-electron chi connectivity index (χ4n) is 2.41. The zero-order valence-corrected chi connectivity index (χ0v) is 9.84. The first kappa shape index (κ1) is 12.5. The Balaban J connectivity index is 2.34. The summed E-state index contributed by atoms with van der Waals surface area (Å²) in [6, 6.07) is 5.33. The van der Waals surface area contributed by atoms with Crippen molar-refractivity contribution in [2.24, 2.45) is 0 Å². The number of hydrogen-bond donors (Lipinski definition) is 1. The molecule has 5 heteroatoms. The predicted octanol–water partition coefficient (Wildman–Crippen LogP) is 2.24. The van der Waals surface area contributed by atoms with Gasteiger partial charge in [-0.05, 0) is 24.5 Å². The Labute approximate surface area is 103 Å². The number of carbonyl (C=O) groups excluding carboxylic acids is 1. The van der Waals surface area contributed by atoms with Crippen LogP contribution in [0.4, 0.5) is 8.78 Å². The quantitative estimate of drug-likeness (QED) is 0.875. The topological polar surface area (TPSA) is 52.9 Å². The van der Waals surface area contributed by atoms with Gasteiger partial charge in [0.25, 0.3) is 0 Å². The van der Waals surface area contributed by atoms with E-state index in [1.54, 1.807) is 0 Å². The summed E-state index contributed by atoms with van der Waals surface area (Å²) in [5, 5.41) is 11.8. The van der Waals surface area contributed by atoms with Gasteiger partial charge in [0.15, 0.2) is 0 Å². The number of amides is 1. The maximum Gasteiger partial charge on any atom is 0.218 e. The van der Waals surface area contributed by atoms with Crippen LogP contribution in [-0.2, 0) is 4.79 Å². The minimum Gasteiger partial charge on any atom is -0.338 e. The van der Waals surface area contributed by atoms with E-state index in [0.717, 1.165) is 12.1 Å². The SMILES string of the molecule is CC(=O)N[C@]1(C#N)CC[C@@H]1c1ccc(F)cc1F. The Morgan fingerprint density at radius 3 is 2.72 bits per heavy atom. The lowest BCUT2D eigenvalue weighted by molar-refractivity contribution is -0.121. The van der Waals surface area contributed by atoms with Gasteiger partial charge in [-0.1, -0.05) is 6.07 Å². The third kappa shape index (κ3) is 1.94. The molecule has 0 bridgehead atoms. The number of benzene rings is 1. The van der Waals surface area contributed by atoms with Crippen LogP contribution in [0, 0.1) is 23.0 Å². The van der Waals surface area contributed by atoms with E-state index >= 15 is 0 Å². The van der Waals surface area contributed by atoms with Crippen molar-refractivity contribution in [2.45, 2.75) is 31.2 Å². The summed E-state index contributed by atoms with van der Waals surface area (Å²) in [6.45, 7) is 1.31. The number of nitrogens with zero attached hydrogens (tertiary/aromatic N) is 1. The second-order valence-corrected chi connectivity index (χ2v) is 4.52. The molecule has 0 radical (unpaired) electrons. The summed E-state index contributed by atoms with van der Waals surface area (Å²) in [6.07, 6.45) is 1.07. The van der Waals surface area contributed by atoms with Crippen LogP contribution in [-0.4, -0.2) is 11.4 Å². The van der Waals surface area contributed by atoms with Crippen molar-refractivity contribution in [2.75, 3.05) is 0 Å². The van der Waals surface area contributed by atoms with E-state index in [1.807, 2.05) is 6.07 Å². The molecule has 0 heterocycles. The van der Waals surface area contributed by atoms with Crippen LogP contribution in [0.25, 0.3) is 0 Å². The van der Waals surface area contributed by atoms with E-state index in [1.165, 1.54) is 13.0 Å². The third-order valence-electron chi connectivity index (χ3n) is 3.36. The van der Waals surface area contributed by atoms with Crippen molar-refractivity contribution in [1.82, 2.24) is 5.32 Å². The lowest BCUT2D eigenvalue weighted by Crippen LogP contribution is -2.57. The highest BCUT2D eigenvalue weighted by molar-refractivity contribution is 5.75. The Morgan fingerprint density at radius 2 is 2.28 bits per heavy atom. The van der Waals surface area contributed by atoms with Crippen molar-refractivity contribution in [3.8, 4) is 6.07 Å². The fraction of sp³-hybridized carbons (Fsp3) is 0.385. The largest absolute Gasteiger partial charge is 0.338 e. The van der Waals surface area contributed by atoms with Gasteiger partial charge in [0.2, 0.25) is 5.91 Å². The molecule has 1 saturated carbocycles. The second-order valence-electron chi connectivity index (χ2n) is 4.52. The normalized spacial score (nSPS) is 26.0. The summed E-state index contributed by atoms with van der Waals surface area (Å²) < 4.78 is 26.5. The van der Waals surface area contributed by atoms with Gasteiger partial charge >= 0.3 is 0 Å². The summed E-state index contributed by atoms with van der Waals surface area (Å²) >= 11 is 0. The smallest absolute Gasteiger partial charge is 0.218 e. The highest BCUT2D eigenvalue weighted by atomic mass is 19.1. The Morgan fingerprint density at radius 1 is 1.56 bits per heavy atom. The lowest BCUT2D eigenvalue weighted by atomic mass is 9.64. The molecular formula is C13H12F2N2O. The standard InChI is InChI=1S/C13H12F2N2O/c1-8(18)17-13(7-16)5-4-11(13)10-3-2-9(14)6-12(10)15/h2-3,6,11H,4-5H2,1H3,(H,17,18)/t11-,13+/m1/s1. The molecule has 1 amide bonds. The number of nitriles is 1. The van der Waals surface area contributed by atoms with Gasteiger partial charge in [0.05, 0.1) is 6.07 Å². The molecule has 1 N–H and O–H groups in total. The van der Waals surface area contributed by atoms with Gasteiger partial charge in [0, 0.05) is 18.9 Å². The van der Waals surface area contributed by atoms with Crippen molar-refractivity contribution in [3.05, 3.63) is 35.4 Å². The van der Waals surface area contributed by atoms with Crippen LogP contribution in [0.3, 0.4) is 0 Å². The molecule has 0 aliphatic heterocycles. The van der Waals surface area contributed by atoms with E-state index < -0.39 is 23.1 Å². The highest BCUT2D eigenvalue weighted by Crippen LogP contribution is 2.46. The van der Waals surface area contributed by atoms with Gasteiger partial charge in [-0.2, -0.15) is 5.26 Å². The first-order chi connectivity index (χ1) is 8.48. The second kappa shape index (κ2) is 4.37. The van der Waals surface area contributed by atoms with E-state index in [9.17, 15) is 18.8 Å². The predicted molar refractivity (Wildman–Crippen MR) is 60.5 cm³/mol. The minimum atomic E-state index is -1.06. The summed E-state index contributed by atoms with van der Waals surface area (Å²) in [5.41, 5.74) is -0.789. The van der Waals surface area contributed by atoms with Crippen LogP contribution in [0.5, 0.6) is 0 Å². The lowest BCUT2D eigenvalue weighted by Gasteiger charge is -2.44. The van der Waals surface area contributed by atoms with Crippen LogP contribution in [0.15, 0.2) is 18.2 Å². The van der Waals surface area contributed by atoms with Crippen molar-refractivity contribution in [1.29, 1.82) is 5.26 Å². The molecule has 1 aliphatic carbocycles. The fourth-order valence-corrected chi connectivity index (χ4v) is 2.41. The van der Waals surface area contributed by atoms with E-state index in [4.69, 9.17) is 0 Å². The molecule has 2 rings (SSSR count). The van der Waals surface area contributed by atoms with Gasteiger partial charge in [-0.3, -0.25) is 4.79 Å². The molecule has 1 aromatic carbocycles. The molecule has 0 aromatic heterocycles. The molecule has 94 valence electrons. The van der Waals surface area contributed by atoms with Crippen molar-refractivity contribution < 1.29 is 13.6 Å². The van der Waals surface area contributed by atoms with Gasteiger partial charge in [-0.25, -0.2) is 8.78 Å². The molecule has 1 aromatic rings. The molecule has 0 unspecified atom stereocenters. The summed E-state index contributed by atoms with van der Waals surface area (Å²) in [4.78, 5) is 11.1. The zero-order chi connectivity index (χ0) is 13.3. The Kier molecular flexibility index (Phi) is 3.04. The van der Waals surface area contributed by atoms with Crippen molar-refractivity contribution >= 4 is 5.91 Å². The first-order valence-electron chi connectivity index (χ1n) is 5.63. The Hall–Kier alpha value is -1.96. The van der Waals surface area contributed by atoms with Gasteiger partial charge in [-0.15, -0.1) is 0 Å². The van der Waals surface area contributed by atoms with Crippen LogP contribution < -0.4 is 5.32 Å². The van der Waals surface area contributed by atoms with E-state index in [-0.39, 0.29) is 11.5 Å². The number of halogens is 2. The first-order valence-corrected chi connectivity index (χ1v) is 5.63. The molecule has 2 atom stereocenters. The van der Waals surface area contributed by atoms with Gasteiger partial charge < -0.3 is 5.32 Å². The van der Waals surface area contributed by atoms with Crippen LogP contribution >= 0.6 is 0 Å². The monoisotopic (exact) mass is 250 g/mol. The van der Waals surface area contributed by atoms with Gasteiger partial charge in [0.1, 0.15) is 17.2 Å². The zero-order valence-electron chi connectivity index (χ0n) is 9.84. The summed E-state index contributed by atoms with van der Waals surface area (Å²) in [7, 11) is 0. The maximum absolute atomic E-state index is 13.7. The number of carbonyl (C=O) groups is 1. The average Bonchev–Trinajstić information content (AvgIpc) is 2.27. The van der Waals surface area contributed by atoms with Crippen LogP contribution in [0.1, 0.15) is 31.2 Å². The molecule has 1 fully saturated rings. The highest BCUT2D eigenvalue weighted by Gasteiger charge is 2.49. The third-order valence-corrected chi connectivity index (χ3v) is 3.36. The number of nitrogens with one attached hydrogen (secondary N) is 1. The molecule has 3 nitrogen and oxygen atoms in total. The Bertz CT molecular complexity index is 538. The molecule has 18 heavy (non-hydrogen) atoms. The average molecular weight is 250 g/mol. The van der Waals surface area contributed by atoms with Crippen LogP contribution in [0.2, 0.25) is 0 Å². The molecule has 1 aliphatic rings. The molecule has 0 saturated heterocycles.